The van der Waals surface area contributed by atoms with Gasteiger partial charge in [-0.25, -0.2) is 22.7 Å². The standard InChI is InChI=1S/C24H26F3N7O2/c1-13-28-21-18(25)9-15(10-19(21)33(13)12-20(26)27)17-6-8-34-22(17)23(36-3)30-24(31-34)29-16-5-4-7-32(11-16)14(2)35/h6,8-10,16,20H,4-5,7,11-12H2,1-3H3,(H,29,31)/t16-/m1/s1. The smallest absolute Gasteiger partial charge is 0.256 e. The summed E-state index contributed by atoms with van der Waals surface area (Å²) in [4.78, 5) is 22.2. The topological polar surface area (TPSA) is 89.6 Å². The van der Waals surface area contributed by atoms with Gasteiger partial charge >= 0.3 is 0 Å². The Balaban J connectivity index is 1.54. The van der Waals surface area contributed by atoms with Crippen LogP contribution in [0.5, 0.6) is 5.88 Å². The molecule has 12 heteroatoms. The van der Waals surface area contributed by atoms with Gasteiger partial charge in [0.05, 0.1) is 19.2 Å². The van der Waals surface area contributed by atoms with Crippen molar-refractivity contribution in [2.24, 2.45) is 0 Å². The predicted molar refractivity (Wildman–Crippen MR) is 128 cm³/mol. The van der Waals surface area contributed by atoms with Crippen LogP contribution in [0.2, 0.25) is 0 Å². The normalized spacial score (nSPS) is 16.3. The van der Waals surface area contributed by atoms with Crippen LogP contribution in [0.15, 0.2) is 24.4 Å². The second-order valence-electron chi connectivity index (χ2n) is 8.90. The molecule has 1 atom stereocenters. The van der Waals surface area contributed by atoms with Gasteiger partial charge in [0, 0.05) is 37.8 Å². The van der Waals surface area contributed by atoms with E-state index >= 15 is 0 Å². The van der Waals surface area contributed by atoms with E-state index in [2.05, 4.69) is 20.4 Å². The summed E-state index contributed by atoms with van der Waals surface area (Å²) < 4.78 is 49.7. The number of ether oxygens (including phenoxy) is 1. The number of anilines is 1. The van der Waals surface area contributed by atoms with Crippen LogP contribution < -0.4 is 10.1 Å². The average Bonchev–Trinajstić information content (AvgIpc) is 3.40. The summed E-state index contributed by atoms with van der Waals surface area (Å²) in [5.74, 6) is 0.336. The molecular weight excluding hydrogens is 475 g/mol. The van der Waals surface area contributed by atoms with Gasteiger partial charge in [0.15, 0.2) is 5.82 Å². The summed E-state index contributed by atoms with van der Waals surface area (Å²) in [6.07, 6.45) is 0.844. The van der Waals surface area contributed by atoms with Crippen molar-refractivity contribution in [2.45, 2.75) is 45.7 Å². The lowest BCUT2D eigenvalue weighted by Crippen LogP contribution is -2.44. The van der Waals surface area contributed by atoms with Crippen LogP contribution in [-0.2, 0) is 11.3 Å². The molecule has 0 radical (unpaired) electrons. The third-order valence-electron chi connectivity index (χ3n) is 6.50. The first kappa shape index (κ1) is 23.9. The van der Waals surface area contributed by atoms with Crippen molar-refractivity contribution < 1.29 is 22.7 Å². The monoisotopic (exact) mass is 501 g/mol. The number of fused-ring (bicyclic) bond motifs is 2. The Morgan fingerprint density at radius 2 is 2.11 bits per heavy atom. The number of aromatic nitrogens is 5. The highest BCUT2D eigenvalue weighted by atomic mass is 19.3. The van der Waals surface area contributed by atoms with Crippen molar-refractivity contribution >= 4 is 28.4 Å². The Kier molecular flexibility index (Phi) is 6.19. The van der Waals surface area contributed by atoms with E-state index in [1.54, 1.807) is 41.6 Å². The molecule has 4 heterocycles. The number of hydrogen-bond donors (Lipinski definition) is 1. The van der Waals surface area contributed by atoms with E-state index in [-0.39, 0.29) is 28.9 Å². The number of halogens is 3. The maximum Gasteiger partial charge on any atom is 0.256 e. The molecule has 190 valence electrons. The van der Waals surface area contributed by atoms with Crippen molar-refractivity contribution in [3.8, 4) is 17.0 Å². The van der Waals surface area contributed by atoms with E-state index in [1.807, 2.05) is 0 Å². The van der Waals surface area contributed by atoms with E-state index in [0.29, 0.717) is 35.0 Å². The molecule has 1 aliphatic heterocycles. The summed E-state index contributed by atoms with van der Waals surface area (Å²) in [5, 5.41) is 7.82. The molecule has 0 aliphatic carbocycles. The van der Waals surface area contributed by atoms with Crippen molar-refractivity contribution in [2.75, 3.05) is 25.5 Å². The Morgan fingerprint density at radius 3 is 2.83 bits per heavy atom. The minimum atomic E-state index is -2.60. The number of carbonyl (C=O) groups excluding carboxylic acids is 1. The van der Waals surface area contributed by atoms with Gasteiger partial charge in [-0.2, -0.15) is 4.98 Å². The molecule has 1 fully saturated rings. The summed E-state index contributed by atoms with van der Waals surface area (Å²) in [7, 11) is 1.48. The van der Waals surface area contributed by atoms with E-state index < -0.39 is 18.8 Å². The zero-order chi connectivity index (χ0) is 25.6. The third-order valence-corrected chi connectivity index (χ3v) is 6.50. The molecule has 1 aromatic carbocycles. The number of imidazole rings is 1. The molecule has 3 aromatic heterocycles. The van der Waals surface area contributed by atoms with Crippen molar-refractivity contribution in [3.05, 3.63) is 36.0 Å². The van der Waals surface area contributed by atoms with Crippen molar-refractivity contribution in [3.63, 3.8) is 0 Å². The Hall–Kier alpha value is -3.83. The lowest BCUT2D eigenvalue weighted by atomic mass is 10.1. The van der Waals surface area contributed by atoms with E-state index in [4.69, 9.17) is 4.74 Å². The highest BCUT2D eigenvalue weighted by molar-refractivity contribution is 5.90. The number of likely N-dealkylation sites (tertiary alicyclic amines) is 1. The fourth-order valence-electron chi connectivity index (χ4n) is 4.81. The largest absolute Gasteiger partial charge is 0.479 e. The lowest BCUT2D eigenvalue weighted by molar-refractivity contribution is -0.129. The molecule has 36 heavy (non-hydrogen) atoms. The van der Waals surface area contributed by atoms with E-state index in [9.17, 15) is 18.0 Å². The second kappa shape index (κ2) is 9.32. The fraction of sp³-hybridized carbons (Fsp3) is 0.417. The quantitative estimate of drug-likeness (QED) is 0.431. The minimum Gasteiger partial charge on any atom is -0.479 e. The molecule has 0 bridgehead atoms. The van der Waals surface area contributed by atoms with Crippen molar-refractivity contribution in [1.29, 1.82) is 0 Å². The fourth-order valence-corrected chi connectivity index (χ4v) is 4.81. The van der Waals surface area contributed by atoms with Crippen LogP contribution in [0.1, 0.15) is 25.6 Å². The molecule has 9 nitrogen and oxygen atoms in total. The highest BCUT2D eigenvalue weighted by Gasteiger charge is 2.24. The number of nitrogens with zero attached hydrogens (tertiary/aromatic N) is 6. The molecule has 0 saturated carbocycles. The number of alkyl halides is 2. The average molecular weight is 502 g/mol. The number of carbonyl (C=O) groups is 1. The van der Waals surface area contributed by atoms with Gasteiger partial charge in [-0.15, -0.1) is 5.10 Å². The number of rotatable bonds is 6. The highest BCUT2D eigenvalue weighted by Crippen LogP contribution is 2.34. The Morgan fingerprint density at radius 1 is 1.31 bits per heavy atom. The minimum absolute atomic E-state index is 0.00490. The maximum absolute atomic E-state index is 15.0. The van der Waals surface area contributed by atoms with Gasteiger partial charge in [-0.05, 0) is 43.5 Å². The first-order chi connectivity index (χ1) is 17.2. The molecule has 1 N–H and O–H groups in total. The van der Waals surface area contributed by atoms with Crippen LogP contribution in [-0.4, -0.2) is 67.6 Å². The molecule has 1 saturated heterocycles. The van der Waals surface area contributed by atoms with Crippen LogP contribution in [0.3, 0.4) is 0 Å². The molecule has 1 aliphatic rings. The number of methoxy groups -OCH3 is 1. The zero-order valence-electron chi connectivity index (χ0n) is 20.1. The number of nitrogens with one attached hydrogen (secondary N) is 1. The van der Waals surface area contributed by atoms with Gasteiger partial charge in [0.25, 0.3) is 6.43 Å². The Bertz CT molecular complexity index is 1450. The molecule has 4 aromatic rings. The van der Waals surface area contributed by atoms with Crippen LogP contribution in [0, 0.1) is 12.7 Å². The van der Waals surface area contributed by atoms with Gasteiger partial charge in [-0.3, -0.25) is 4.79 Å². The summed E-state index contributed by atoms with van der Waals surface area (Å²) >= 11 is 0. The van der Waals surface area contributed by atoms with Gasteiger partial charge in [0.2, 0.25) is 17.7 Å². The number of amides is 1. The molecule has 0 spiro atoms. The zero-order valence-corrected chi connectivity index (χ0v) is 20.1. The van der Waals surface area contributed by atoms with E-state index in [0.717, 1.165) is 19.4 Å². The Labute approximate surface area is 204 Å². The van der Waals surface area contributed by atoms with Crippen molar-refractivity contribution in [1.82, 2.24) is 29.0 Å². The third kappa shape index (κ3) is 4.31. The summed E-state index contributed by atoms with van der Waals surface area (Å²) in [6.45, 7) is 3.83. The number of benzene rings is 1. The SMILES string of the molecule is COc1nc(N[C@@H]2CCCN(C(C)=O)C2)nn2ccc(-c3cc(F)c4nc(C)n(CC(F)F)c4c3)c12. The number of aryl methyl sites for hydroxylation is 1. The first-order valence-electron chi connectivity index (χ1n) is 11.7. The van der Waals surface area contributed by atoms with Gasteiger partial charge in [-0.1, -0.05) is 0 Å². The predicted octanol–water partition coefficient (Wildman–Crippen LogP) is 3.89. The molecule has 0 unspecified atom stereocenters. The molecule has 5 rings (SSSR count). The van der Waals surface area contributed by atoms with Crippen LogP contribution >= 0.6 is 0 Å². The first-order valence-corrected chi connectivity index (χ1v) is 11.7. The summed E-state index contributed by atoms with van der Waals surface area (Å²) in [5.41, 5.74) is 1.88. The lowest BCUT2D eigenvalue weighted by Gasteiger charge is -2.32. The van der Waals surface area contributed by atoms with E-state index in [1.165, 1.54) is 17.7 Å². The molecular formula is C24H26F3N7O2. The van der Waals surface area contributed by atoms with Gasteiger partial charge in [0.1, 0.15) is 16.9 Å². The number of piperidine rings is 1. The van der Waals surface area contributed by atoms with Gasteiger partial charge < -0.3 is 19.5 Å². The van der Waals surface area contributed by atoms with Crippen LogP contribution in [0.4, 0.5) is 19.1 Å². The maximum atomic E-state index is 15.0. The molecule has 1 amide bonds. The second-order valence-corrected chi connectivity index (χ2v) is 8.90. The summed E-state index contributed by atoms with van der Waals surface area (Å²) in [6, 6.07) is 4.70. The number of hydrogen-bond acceptors (Lipinski definition) is 6. The van der Waals surface area contributed by atoms with Crippen LogP contribution in [0.25, 0.3) is 27.7 Å².